The zero-order chi connectivity index (χ0) is 18.9. The van der Waals surface area contributed by atoms with Gasteiger partial charge in [0.1, 0.15) is 6.33 Å². The van der Waals surface area contributed by atoms with E-state index in [-0.39, 0.29) is 12.1 Å². The Kier molecular flexibility index (Phi) is 5.15. The van der Waals surface area contributed by atoms with Crippen LogP contribution in [-0.4, -0.2) is 65.6 Å². The third-order valence-corrected chi connectivity index (χ3v) is 6.16. The van der Waals surface area contributed by atoms with Gasteiger partial charge in [-0.25, -0.2) is 22.5 Å². The highest BCUT2D eigenvalue weighted by Gasteiger charge is 2.29. The van der Waals surface area contributed by atoms with Gasteiger partial charge in [-0.2, -0.15) is 0 Å². The van der Waals surface area contributed by atoms with Gasteiger partial charge in [0.2, 0.25) is 10.0 Å². The number of carbonyl (C=O) groups is 1. The summed E-state index contributed by atoms with van der Waals surface area (Å²) in [6, 6.07) is 7.84. The Morgan fingerprint density at radius 1 is 1.27 bits per heavy atom. The lowest BCUT2D eigenvalue weighted by Crippen LogP contribution is -2.47. The van der Waals surface area contributed by atoms with Crippen molar-refractivity contribution in [3.05, 3.63) is 42.4 Å². The van der Waals surface area contributed by atoms with Crippen LogP contribution in [0.15, 0.2) is 36.8 Å². The standard InChI is InChI=1S/C18H24N4O3S/c1-14-5-4-6-15(11-14)17-12-21(13-19-17)18(23)20(2)16-7-9-22(10-8-16)26(3,24)25/h4-6,11-13,16H,7-10H2,1-3H3. The molecule has 3 rings (SSSR count). The Labute approximate surface area is 154 Å². The van der Waals surface area contributed by atoms with Crippen LogP contribution in [0.1, 0.15) is 18.4 Å². The van der Waals surface area contributed by atoms with Crippen LogP contribution < -0.4 is 0 Å². The van der Waals surface area contributed by atoms with Gasteiger partial charge in [0.15, 0.2) is 0 Å². The summed E-state index contributed by atoms with van der Waals surface area (Å²) in [7, 11) is -1.40. The van der Waals surface area contributed by atoms with E-state index < -0.39 is 10.0 Å². The zero-order valence-corrected chi connectivity index (χ0v) is 16.1. The van der Waals surface area contributed by atoms with E-state index >= 15 is 0 Å². The second-order valence-corrected chi connectivity index (χ2v) is 8.80. The first-order chi connectivity index (χ1) is 12.3. The fourth-order valence-corrected chi connectivity index (χ4v) is 4.15. The first-order valence-electron chi connectivity index (χ1n) is 8.59. The Bertz CT molecular complexity index is 899. The number of aromatic nitrogens is 2. The lowest BCUT2D eigenvalue weighted by molar-refractivity contribution is 0.164. The van der Waals surface area contributed by atoms with Crippen molar-refractivity contribution >= 4 is 16.1 Å². The van der Waals surface area contributed by atoms with E-state index in [1.165, 1.54) is 21.5 Å². The minimum Gasteiger partial charge on any atom is -0.324 e. The van der Waals surface area contributed by atoms with Crippen LogP contribution in [0.2, 0.25) is 0 Å². The first-order valence-corrected chi connectivity index (χ1v) is 10.4. The Morgan fingerprint density at radius 3 is 2.58 bits per heavy atom. The van der Waals surface area contributed by atoms with Crippen molar-refractivity contribution in [1.82, 2.24) is 18.8 Å². The quantitative estimate of drug-likeness (QED) is 0.823. The van der Waals surface area contributed by atoms with Gasteiger partial charge in [0, 0.05) is 37.9 Å². The summed E-state index contributed by atoms with van der Waals surface area (Å²) in [4.78, 5) is 18.8. The molecule has 1 aromatic carbocycles. The third kappa shape index (κ3) is 3.96. The molecule has 0 saturated carbocycles. The molecule has 1 fully saturated rings. The molecule has 0 atom stereocenters. The third-order valence-electron chi connectivity index (χ3n) is 4.86. The van der Waals surface area contributed by atoms with E-state index in [2.05, 4.69) is 4.98 Å². The van der Waals surface area contributed by atoms with Gasteiger partial charge in [0.25, 0.3) is 0 Å². The van der Waals surface area contributed by atoms with Crippen LogP contribution in [-0.2, 0) is 10.0 Å². The Hall–Kier alpha value is -2.19. The van der Waals surface area contributed by atoms with Crippen molar-refractivity contribution in [2.75, 3.05) is 26.4 Å². The van der Waals surface area contributed by atoms with E-state index in [1.807, 2.05) is 31.2 Å². The van der Waals surface area contributed by atoms with E-state index in [4.69, 9.17) is 0 Å². The predicted molar refractivity (Wildman–Crippen MR) is 100 cm³/mol. The van der Waals surface area contributed by atoms with Crippen LogP contribution in [0.4, 0.5) is 4.79 Å². The van der Waals surface area contributed by atoms with Crippen LogP contribution in [0.5, 0.6) is 0 Å². The molecule has 0 bridgehead atoms. The minimum atomic E-state index is -3.16. The molecule has 1 saturated heterocycles. The molecule has 140 valence electrons. The van der Waals surface area contributed by atoms with Gasteiger partial charge in [-0.15, -0.1) is 0 Å². The molecule has 1 aliphatic heterocycles. The summed E-state index contributed by atoms with van der Waals surface area (Å²) in [5.74, 6) is 0. The molecule has 0 radical (unpaired) electrons. The number of rotatable bonds is 3. The lowest BCUT2D eigenvalue weighted by Gasteiger charge is -2.35. The topological polar surface area (TPSA) is 75.5 Å². The van der Waals surface area contributed by atoms with Crippen molar-refractivity contribution in [3.8, 4) is 11.3 Å². The SMILES string of the molecule is Cc1cccc(-c2cn(C(=O)N(C)C3CCN(S(C)(=O)=O)CC3)cn2)c1. The molecule has 0 N–H and O–H groups in total. The average molecular weight is 376 g/mol. The number of nitrogens with zero attached hydrogens (tertiary/aromatic N) is 4. The Balaban J connectivity index is 1.68. The number of carbonyl (C=O) groups excluding carboxylic acids is 1. The minimum absolute atomic E-state index is 0.0188. The average Bonchev–Trinajstić information content (AvgIpc) is 3.10. The highest BCUT2D eigenvalue weighted by molar-refractivity contribution is 7.88. The highest BCUT2D eigenvalue weighted by Crippen LogP contribution is 2.21. The molecule has 0 unspecified atom stereocenters. The van der Waals surface area contributed by atoms with Gasteiger partial charge in [0.05, 0.1) is 11.9 Å². The van der Waals surface area contributed by atoms with Crippen molar-refractivity contribution in [2.45, 2.75) is 25.8 Å². The zero-order valence-electron chi connectivity index (χ0n) is 15.3. The maximum Gasteiger partial charge on any atom is 0.329 e. The van der Waals surface area contributed by atoms with E-state index in [1.54, 1.807) is 18.1 Å². The van der Waals surface area contributed by atoms with E-state index in [0.29, 0.717) is 25.9 Å². The van der Waals surface area contributed by atoms with Crippen molar-refractivity contribution in [3.63, 3.8) is 0 Å². The van der Waals surface area contributed by atoms with Gasteiger partial charge in [-0.1, -0.05) is 23.8 Å². The van der Waals surface area contributed by atoms with Gasteiger partial charge in [-0.3, -0.25) is 4.57 Å². The summed E-state index contributed by atoms with van der Waals surface area (Å²) in [5.41, 5.74) is 2.86. The van der Waals surface area contributed by atoms with Crippen molar-refractivity contribution in [1.29, 1.82) is 0 Å². The summed E-state index contributed by atoms with van der Waals surface area (Å²) < 4.78 is 26.2. The van der Waals surface area contributed by atoms with E-state index in [9.17, 15) is 13.2 Å². The fraction of sp³-hybridized carbons (Fsp3) is 0.444. The van der Waals surface area contributed by atoms with Crippen molar-refractivity contribution < 1.29 is 13.2 Å². The molecule has 2 aromatic rings. The monoisotopic (exact) mass is 376 g/mol. The molecule has 2 heterocycles. The number of piperidine rings is 1. The fourth-order valence-electron chi connectivity index (χ4n) is 3.28. The number of amides is 1. The van der Waals surface area contributed by atoms with Gasteiger partial charge < -0.3 is 4.90 Å². The largest absolute Gasteiger partial charge is 0.329 e. The normalized spacial score (nSPS) is 16.6. The molecule has 26 heavy (non-hydrogen) atoms. The smallest absolute Gasteiger partial charge is 0.324 e. The van der Waals surface area contributed by atoms with Crippen LogP contribution in [0, 0.1) is 6.92 Å². The number of hydrogen-bond donors (Lipinski definition) is 0. The van der Waals surface area contributed by atoms with Crippen LogP contribution >= 0.6 is 0 Å². The van der Waals surface area contributed by atoms with Crippen LogP contribution in [0.3, 0.4) is 0 Å². The number of hydrogen-bond acceptors (Lipinski definition) is 4. The number of imidazole rings is 1. The second-order valence-electron chi connectivity index (χ2n) is 6.82. The predicted octanol–water partition coefficient (Wildman–Crippen LogP) is 2.18. The number of aryl methyl sites for hydroxylation is 1. The first kappa shape index (κ1) is 18.6. The molecule has 1 aromatic heterocycles. The summed E-state index contributed by atoms with van der Waals surface area (Å²) in [6.45, 7) is 2.90. The maximum atomic E-state index is 12.8. The molecule has 0 spiro atoms. The lowest BCUT2D eigenvalue weighted by atomic mass is 10.1. The summed E-state index contributed by atoms with van der Waals surface area (Å²) in [5, 5.41) is 0. The van der Waals surface area contributed by atoms with Crippen LogP contribution in [0.25, 0.3) is 11.3 Å². The molecule has 0 aliphatic carbocycles. The Morgan fingerprint density at radius 2 is 1.96 bits per heavy atom. The molecule has 1 amide bonds. The number of benzene rings is 1. The van der Waals surface area contributed by atoms with E-state index in [0.717, 1.165) is 16.8 Å². The second kappa shape index (κ2) is 7.20. The molecular weight excluding hydrogens is 352 g/mol. The molecule has 7 nitrogen and oxygen atoms in total. The molecule has 8 heteroatoms. The number of sulfonamides is 1. The molecule has 1 aliphatic rings. The van der Waals surface area contributed by atoms with Crippen molar-refractivity contribution in [2.24, 2.45) is 0 Å². The highest BCUT2D eigenvalue weighted by atomic mass is 32.2. The summed E-state index contributed by atoms with van der Waals surface area (Å²) in [6.07, 6.45) is 5.76. The maximum absolute atomic E-state index is 12.8. The molecular formula is C18H24N4O3S. The summed E-state index contributed by atoms with van der Waals surface area (Å²) >= 11 is 0. The van der Waals surface area contributed by atoms with Gasteiger partial charge in [-0.05, 0) is 25.8 Å². The van der Waals surface area contributed by atoms with Gasteiger partial charge >= 0.3 is 6.03 Å².